The summed E-state index contributed by atoms with van der Waals surface area (Å²) in [6, 6.07) is 10.1. The second-order valence-corrected chi connectivity index (χ2v) is 5.25. The fraction of sp³-hybridized carbons (Fsp3) is 0.111. The van der Waals surface area contributed by atoms with Crippen LogP contribution in [0.2, 0.25) is 0 Å². The molecular formula is C18H15NO5. The van der Waals surface area contributed by atoms with E-state index in [0.29, 0.717) is 17.5 Å². The normalized spacial score (nSPS) is 10.7. The minimum Gasteiger partial charge on any atom is -0.504 e. The molecule has 0 bridgehead atoms. The number of carboxylic acid groups (broad SMARTS) is 1. The summed E-state index contributed by atoms with van der Waals surface area (Å²) >= 11 is 0. The molecule has 0 aliphatic carbocycles. The molecule has 24 heavy (non-hydrogen) atoms. The van der Waals surface area contributed by atoms with E-state index in [0.717, 1.165) is 0 Å². The Kier molecular flexibility index (Phi) is 3.95. The van der Waals surface area contributed by atoms with Gasteiger partial charge in [0, 0.05) is 11.1 Å². The Morgan fingerprint density at radius 2 is 1.88 bits per heavy atom. The number of carboxylic acids is 1. The molecule has 0 saturated carbocycles. The zero-order valence-corrected chi connectivity index (χ0v) is 12.9. The van der Waals surface area contributed by atoms with E-state index in [1.807, 2.05) is 6.92 Å². The molecule has 6 heteroatoms. The topological polar surface area (TPSA) is 104 Å². The third-order valence-electron chi connectivity index (χ3n) is 3.84. The van der Waals surface area contributed by atoms with E-state index in [1.165, 1.54) is 12.3 Å². The van der Waals surface area contributed by atoms with Gasteiger partial charge in [0.25, 0.3) is 0 Å². The van der Waals surface area contributed by atoms with Crippen LogP contribution in [-0.2, 0) is 6.42 Å². The Hall–Kier alpha value is -3.28. The molecule has 0 saturated heterocycles. The van der Waals surface area contributed by atoms with E-state index in [1.54, 1.807) is 30.3 Å². The number of carbonyl (C=O) groups is 1. The van der Waals surface area contributed by atoms with Crippen molar-refractivity contribution in [3.63, 3.8) is 0 Å². The highest BCUT2D eigenvalue weighted by molar-refractivity contribution is 6.01. The van der Waals surface area contributed by atoms with Crippen molar-refractivity contribution in [2.75, 3.05) is 0 Å². The van der Waals surface area contributed by atoms with Gasteiger partial charge in [0.05, 0.1) is 17.3 Å². The summed E-state index contributed by atoms with van der Waals surface area (Å²) in [6.45, 7) is 1.85. The van der Waals surface area contributed by atoms with Gasteiger partial charge in [-0.2, -0.15) is 0 Å². The third kappa shape index (κ3) is 2.48. The van der Waals surface area contributed by atoms with Gasteiger partial charge >= 0.3 is 5.97 Å². The summed E-state index contributed by atoms with van der Waals surface area (Å²) in [5.74, 6) is -2.04. The molecular weight excluding hydrogens is 310 g/mol. The fourth-order valence-electron chi connectivity index (χ4n) is 2.61. The molecule has 1 aromatic heterocycles. The van der Waals surface area contributed by atoms with Crippen LogP contribution >= 0.6 is 0 Å². The summed E-state index contributed by atoms with van der Waals surface area (Å²) in [6.07, 6.45) is 2.00. The van der Waals surface area contributed by atoms with Crippen molar-refractivity contribution in [3.05, 3.63) is 53.7 Å². The Balaban J connectivity index is 2.32. The van der Waals surface area contributed by atoms with Crippen molar-refractivity contribution in [3.8, 4) is 33.9 Å². The molecule has 0 fully saturated rings. The standard InChI is InChI=1S/C18H15NO5/c1-2-10-9-19-24-17(10)14-13(18(22)23)8-12(15(20)16(14)21)11-6-4-3-5-7-11/h3-9,20-21H,2H2,1H3,(H,22,23). The molecule has 3 rings (SSSR count). The van der Waals surface area contributed by atoms with Crippen LogP contribution in [0.15, 0.2) is 47.1 Å². The summed E-state index contributed by atoms with van der Waals surface area (Å²) in [5.41, 5.74) is 1.21. The number of aromatic nitrogens is 1. The van der Waals surface area contributed by atoms with Crippen molar-refractivity contribution in [1.82, 2.24) is 5.16 Å². The minimum atomic E-state index is -1.24. The minimum absolute atomic E-state index is 0.0750. The maximum atomic E-state index is 11.7. The molecule has 0 aliphatic rings. The number of aryl methyl sites for hydroxylation is 1. The fourth-order valence-corrected chi connectivity index (χ4v) is 2.61. The van der Waals surface area contributed by atoms with Crippen molar-refractivity contribution >= 4 is 5.97 Å². The molecule has 3 N–H and O–H groups in total. The lowest BCUT2D eigenvalue weighted by Gasteiger charge is -2.13. The maximum Gasteiger partial charge on any atom is 0.336 e. The zero-order valence-electron chi connectivity index (χ0n) is 12.9. The van der Waals surface area contributed by atoms with Gasteiger partial charge in [0.15, 0.2) is 17.3 Å². The first-order chi connectivity index (χ1) is 11.5. The summed E-state index contributed by atoms with van der Waals surface area (Å²) in [5, 5.41) is 34.1. The van der Waals surface area contributed by atoms with Crippen LogP contribution in [0.5, 0.6) is 11.5 Å². The first-order valence-electron chi connectivity index (χ1n) is 7.36. The highest BCUT2D eigenvalue weighted by Gasteiger charge is 2.26. The lowest BCUT2D eigenvalue weighted by atomic mass is 9.94. The van der Waals surface area contributed by atoms with Crippen molar-refractivity contribution in [2.45, 2.75) is 13.3 Å². The monoisotopic (exact) mass is 325 g/mol. The van der Waals surface area contributed by atoms with E-state index in [2.05, 4.69) is 5.16 Å². The van der Waals surface area contributed by atoms with Crippen molar-refractivity contribution in [2.24, 2.45) is 0 Å². The Morgan fingerprint density at radius 1 is 1.17 bits per heavy atom. The van der Waals surface area contributed by atoms with E-state index >= 15 is 0 Å². The second-order valence-electron chi connectivity index (χ2n) is 5.25. The molecule has 122 valence electrons. The van der Waals surface area contributed by atoms with Crippen LogP contribution in [0.3, 0.4) is 0 Å². The van der Waals surface area contributed by atoms with E-state index in [9.17, 15) is 20.1 Å². The summed E-state index contributed by atoms with van der Waals surface area (Å²) in [7, 11) is 0. The van der Waals surface area contributed by atoms with Crippen LogP contribution in [0.25, 0.3) is 22.5 Å². The van der Waals surface area contributed by atoms with E-state index in [4.69, 9.17) is 4.52 Å². The Morgan fingerprint density at radius 3 is 2.50 bits per heavy atom. The van der Waals surface area contributed by atoms with Gasteiger partial charge in [-0.1, -0.05) is 42.4 Å². The van der Waals surface area contributed by atoms with Gasteiger partial charge in [-0.3, -0.25) is 0 Å². The van der Waals surface area contributed by atoms with Crippen LogP contribution in [0.4, 0.5) is 0 Å². The van der Waals surface area contributed by atoms with Gasteiger partial charge in [-0.15, -0.1) is 0 Å². The van der Waals surface area contributed by atoms with Crippen LogP contribution in [0, 0.1) is 0 Å². The van der Waals surface area contributed by atoms with E-state index < -0.39 is 17.5 Å². The van der Waals surface area contributed by atoms with E-state index in [-0.39, 0.29) is 22.5 Å². The smallest absolute Gasteiger partial charge is 0.336 e. The van der Waals surface area contributed by atoms with Gasteiger partial charge in [-0.05, 0) is 18.1 Å². The number of aromatic carboxylic acids is 1. The highest BCUT2D eigenvalue weighted by Crippen LogP contribution is 2.46. The molecule has 0 amide bonds. The molecule has 0 radical (unpaired) electrons. The van der Waals surface area contributed by atoms with Gasteiger partial charge < -0.3 is 19.8 Å². The number of phenolic OH excluding ortho intramolecular Hbond substituents is 2. The van der Waals surface area contributed by atoms with Crippen LogP contribution in [-0.4, -0.2) is 26.4 Å². The van der Waals surface area contributed by atoms with Gasteiger partial charge in [0.1, 0.15) is 0 Å². The lowest BCUT2D eigenvalue weighted by Crippen LogP contribution is -2.02. The second kappa shape index (κ2) is 6.08. The number of benzene rings is 2. The van der Waals surface area contributed by atoms with Gasteiger partial charge in [0.2, 0.25) is 0 Å². The van der Waals surface area contributed by atoms with Crippen molar-refractivity contribution in [1.29, 1.82) is 0 Å². The number of hydrogen-bond acceptors (Lipinski definition) is 5. The number of nitrogens with zero attached hydrogens (tertiary/aromatic N) is 1. The number of phenols is 2. The number of hydrogen-bond donors (Lipinski definition) is 3. The summed E-state index contributed by atoms with van der Waals surface area (Å²) < 4.78 is 5.13. The molecule has 1 heterocycles. The van der Waals surface area contributed by atoms with Crippen LogP contribution in [0.1, 0.15) is 22.8 Å². The molecule has 6 nitrogen and oxygen atoms in total. The largest absolute Gasteiger partial charge is 0.504 e. The Labute approximate surface area is 137 Å². The summed E-state index contributed by atoms with van der Waals surface area (Å²) in [4.78, 5) is 11.7. The number of rotatable bonds is 4. The quantitative estimate of drug-likeness (QED) is 0.632. The lowest BCUT2D eigenvalue weighted by molar-refractivity contribution is 0.0697. The molecule has 0 spiro atoms. The molecule has 0 atom stereocenters. The first kappa shape index (κ1) is 15.6. The predicted octanol–water partition coefficient (Wildman–Crippen LogP) is 3.68. The zero-order chi connectivity index (χ0) is 17.3. The highest BCUT2D eigenvalue weighted by atomic mass is 16.5. The maximum absolute atomic E-state index is 11.7. The number of aromatic hydroxyl groups is 2. The first-order valence-corrected chi connectivity index (χ1v) is 7.36. The molecule has 2 aromatic carbocycles. The third-order valence-corrected chi connectivity index (χ3v) is 3.84. The molecule has 3 aromatic rings. The predicted molar refractivity (Wildman–Crippen MR) is 87.0 cm³/mol. The van der Waals surface area contributed by atoms with Crippen LogP contribution < -0.4 is 0 Å². The average molecular weight is 325 g/mol. The molecule has 0 unspecified atom stereocenters. The van der Waals surface area contributed by atoms with Crippen molar-refractivity contribution < 1.29 is 24.6 Å². The average Bonchev–Trinajstić information content (AvgIpc) is 3.05. The molecule has 0 aliphatic heterocycles. The van der Waals surface area contributed by atoms with Gasteiger partial charge in [-0.25, -0.2) is 4.79 Å². The SMILES string of the molecule is CCc1cnoc1-c1c(C(=O)O)cc(-c2ccccc2)c(O)c1O. The Bertz CT molecular complexity index is 899.